The molecule has 0 aliphatic heterocycles. The summed E-state index contributed by atoms with van der Waals surface area (Å²) in [5, 5.41) is 0. The molecule has 18 heavy (non-hydrogen) atoms. The highest BCUT2D eigenvalue weighted by Gasteiger charge is 2.17. The van der Waals surface area contributed by atoms with E-state index in [1.165, 1.54) is 6.07 Å². The van der Waals surface area contributed by atoms with Crippen molar-refractivity contribution < 1.29 is 9.13 Å². The van der Waals surface area contributed by atoms with Gasteiger partial charge in [0.15, 0.2) is 0 Å². The van der Waals surface area contributed by atoms with Crippen LogP contribution >= 0.6 is 34.2 Å². The van der Waals surface area contributed by atoms with Crippen LogP contribution < -0.4 is 0 Å². The second-order valence-corrected chi connectivity index (χ2v) is 5.52. The lowest BCUT2D eigenvalue weighted by atomic mass is 10.2. The highest BCUT2D eigenvalue weighted by molar-refractivity contribution is 14.1. The molecule has 0 spiro atoms. The molecule has 0 bridgehead atoms. The van der Waals surface area contributed by atoms with Crippen molar-refractivity contribution in [3.8, 4) is 0 Å². The number of methoxy groups -OCH3 is 1. The molecule has 0 saturated heterocycles. The molecule has 1 heterocycles. The lowest BCUT2D eigenvalue weighted by Gasteiger charge is -2.16. The highest BCUT2D eigenvalue weighted by atomic mass is 127. The van der Waals surface area contributed by atoms with Crippen LogP contribution in [0.3, 0.4) is 0 Å². The topological polar surface area (TPSA) is 27.1 Å². The fourth-order valence-corrected chi connectivity index (χ4v) is 2.68. The van der Waals surface area contributed by atoms with E-state index in [-0.39, 0.29) is 11.9 Å². The predicted molar refractivity (Wildman–Crippen MR) is 78.6 cm³/mol. The molecule has 0 aliphatic carbocycles. The molecule has 2 aromatic rings. The molecule has 2 rings (SSSR count). The average Bonchev–Trinajstić information content (AvgIpc) is 2.68. The summed E-state index contributed by atoms with van der Waals surface area (Å²) >= 11 is 7.87. The summed E-state index contributed by atoms with van der Waals surface area (Å²) in [5.74, 6) is 0.786. The van der Waals surface area contributed by atoms with Gasteiger partial charge in [-0.2, -0.15) is 0 Å². The van der Waals surface area contributed by atoms with Crippen molar-refractivity contribution in [2.24, 2.45) is 0 Å². The minimum absolute atomic E-state index is 0.0632. The zero-order valence-electron chi connectivity index (χ0n) is 10.1. The summed E-state index contributed by atoms with van der Waals surface area (Å²) < 4.78 is 21.3. The Kier molecular flexibility index (Phi) is 4.45. The van der Waals surface area contributed by atoms with Crippen molar-refractivity contribution >= 4 is 45.2 Å². The summed E-state index contributed by atoms with van der Waals surface area (Å²) in [6.07, 6.45) is 0. The van der Waals surface area contributed by atoms with Crippen LogP contribution in [0, 0.1) is 9.39 Å². The van der Waals surface area contributed by atoms with Gasteiger partial charge in [0.2, 0.25) is 0 Å². The molecule has 3 nitrogen and oxygen atoms in total. The zero-order valence-corrected chi connectivity index (χ0v) is 13.0. The van der Waals surface area contributed by atoms with Gasteiger partial charge in [0.1, 0.15) is 11.6 Å². The van der Waals surface area contributed by atoms with Gasteiger partial charge in [0.25, 0.3) is 0 Å². The van der Waals surface area contributed by atoms with Gasteiger partial charge >= 0.3 is 0 Å². The number of aromatic nitrogens is 2. The number of fused-ring (bicyclic) bond motifs is 1. The lowest BCUT2D eigenvalue weighted by molar-refractivity contribution is 0.163. The smallest absolute Gasteiger partial charge is 0.138 e. The van der Waals surface area contributed by atoms with Crippen LogP contribution in [0.5, 0.6) is 0 Å². The molecule has 6 heteroatoms. The van der Waals surface area contributed by atoms with E-state index in [2.05, 4.69) is 4.98 Å². The number of hydrogen-bond acceptors (Lipinski definition) is 2. The summed E-state index contributed by atoms with van der Waals surface area (Å²) in [5.41, 5.74) is 1.52. The van der Waals surface area contributed by atoms with E-state index in [1.54, 1.807) is 13.2 Å². The number of imidazole rings is 1. The average molecular weight is 383 g/mol. The van der Waals surface area contributed by atoms with Crippen LogP contribution in [-0.2, 0) is 10.6 Å². The summed E-state index contributed by atoms with van der Waals surface area (Å²) in [7, 11) is 1.64. The van der Waals surface area contributed by atoms with Crippen molar-refractivity contribution in [1.29, 1.82) is 0 Å². The molecule has 1 aromatic heterocycles. The number of rotatable bonds is 4. The third kappa shape index (κ3) is 2.48. The summed E-state index contributed by atoms with van der Waals surface area (Å²) in [4.78, 5) is 4.44. The first-order valence-corrected chi connectivity index (χ1v) is 7.10. The fourth-order valence-electron chi connectivity index (χ4n) is 2.04. The number of ether oxygens (including phenoxy) is 1. The maximum absolute atomic E-state index is 13.7. The standard InChI is InChI=1S/C12H13ClFIN2O/c1-7(6-18-2)17-11-3-8(14)9(15)4-10(11)16-12(17)5-13/h3-4,7H,5-6H2,1-2H3. The van der Waals surface area contributed by atoms with E-state index in [9.17, 15) is 4.39 Å². The van der Waals surface area contributed by atoms with Crippen LogP contribution in [0.4, 0.5) is 4.39 Å². The van der Waals surface area contributed by atoms with Gasteiger partial charge < -0.3 is 9.30 Å². The van der Waals surface area contributed by atoms with Crippen molar-refractivity contribution in [3.63, 3.8) is 0 Å². The first-order chi connectivity index (χ1) is 8.58. The molecular formula is C12H13ClFIN2O. The van der Waals surface area contributed by atoms with E-state index in [0.717, 1.165) is 16.9 Å². The Morgan fingerprint density at radius 3 is 2.89 bits per heavy atom. The summed E-state index contributed by atoms with van der Waals surface area (Å²) in [6.45, 7) is 2.53. The third-order valence-electron chi connectivity index (χ3n) is 2.77. The van der Waals surface area contributed by atoms with Gasteiger partial charge in [0, 0.05) is 13.2 Å². The molecule has 0 aliphatic rings. The molecule has 0 saturated carbocycles. The van der Waals surface area contributed by atoms with Crippen LogP contribution in [0.25, 0.3) is 11.0 Å². The van der Waals surface area contributed by atoms with E-state index < -0.39 is 0 Å². The number of hydrogen-bond donors (Lipinski definition) is 0. The Balaban J connectivity index is 2.64. The predicted octanol–water partition coefficient (Wildman–Crippen LogP) is 3.73. The first-order valence-electron chi connectivity index (χ1n) is 5.49. The second-order valence-electron chi connectivity index (χ2n) is 4.09. The molecular weight excluding hydrogens is 370 g/mol. The third-order valence-corrected chi connectivity index (χ3v) is 3.84. The number of nitrogens with zero attached hydrogens (tertiary/aromatic N) is 2. The number of halogens is 3. The van der Waals surface area contributed by atoms with E-state index in [0.29, 0.717) is 16.1 Å². The Hall–Kier alpha value is -0.400. The van der Waals surface area contributed by atoms with Crippen molar-refractivity contribution in [1.82, 2.24) is 9.55 Å². The molecule has 98 valence electrons. The normalized spacial score (nSPS) is 13.2. The maximum Gasteiger partial charge on any atom is 0.138 e. The summed E-state index contributed by atoms with van der Waals surface area (Å²) in [6, 6.07) is 3.30. The first kappa shape index (κ1) is 14.0. The van der Waals surface area contributed by atoms with Crippen molar-refractivity contribution in [3.05, 3.63) is 27.3 Å². The maximum atomic E-state index is 13.7. The monoisotopic (exact) mass is 382 g/mol. The van der Waals surface area contributed by atoms with Gasteiger partial charge in [0.05, 0.1) is 33.1 Å². The van der Waals surface area contributed by atoms with Crippen molar-refractivity contribution in [2.45, 2.75) is 18.8 Å². The molecule has 1 atom stereocenters. The van der Waals surface area contributed by atoms with Gasteiger partial charge in [-0.25, -0.2) is 9.37 Å². The molecule has 0 fully saturated rings. The van der Waals surface area contributed by atoms with Crippen LogP contribution in [0.2, 0.25) is 0 Å². The highest BCUT2D eigenvalue weighted by Crippen LogP contribution is 2.25. The quantitative estimate of drug-likeness (QED) is 0.595. The number of alkyl halides is 1. The minimum atomic E-state index is -0.241. The zero-order chi connectivity index (χ0) is 13.3. The van der Waals surface area contributed by atoms with Gasteiger partial charge in [-0.15, -0.1) is 11.6 Å². The van der Waals surface area contributed by atoms with E-state index >= 15 is 0 Å². The van der Waals surface area contributed by atoms with Crippen LogP contribution in [-0.4, -0.2) is 23.3 Å². The number of benzene rings is 1. The molecule has 0 amide bonds. The van der Waals surface area contributed by atoms with Gasteiger partial charge in [-0.05, 0) is 35.6 Å². The Labute approximate surface area is 123 Å². The van der Waals surface area contributed by atoms with Crippen LogP contribution in [0.15, 0.2) is 12.1 Å². The Morgan fingerprint density at radius 2 is 2.28 bits per heavy atom. The minimum Gasteiger partial charge on any atom is -0.383 e. The Bertz CT molecular complexity index is 573. The van der Waals surface area contributed by atoms with E-state index in [1.807, 2.05) is 34.1 Å². The van der Waals surface area contributed by atoms with E-state index in [4.69, 9.17) is 16.3 Å². The largest absolute Gasteiger partial charge is 0.383 e. The molecule has 0 radical (unpaired) electrons. The van der Waals surface area contributed by atoms with Gasteiger partial charge in [-0.3, -0.25) is 0 Å². The SMILES string of the molecule is COCC(C)n1c(CCl)nc2cc(I)c(F)cc21. The second kappa shape index (κ2) is 5.71. The van der Waals surface area contributed by atoms with Crippen molar-refractivity contribution in [2.75, 3.05) is 13.7 Å². The lowest BCUT2D eigenvalue weighted by Crippen LogP contribution is -2.13. The fraction of sp³-hybridized carbons (Fsp3) is 0.417. The van der Waals surface area contributed by atoms with Gasteiger partial charge in [-0.1, -0.05) is 0 Å². The molecule has 1 aromatic carbocycles. The molecule has 1 unspecified atom stereocenters. The van der Waals surface area contributed by atoms with Crippen LogP contribution in [0.1, 0.15) is 18.8 Å². The Morgan fingerprint density at radius 1 is 1.56 bits per heavy atom. The molecule has 0 N–H and O–H groups in total.